The van der Waals surface area contributed by atoms with E-state index in [1.54, 1.807) is 27.7 Å². The molecule has 1 aromatic heterocycles. The van der Waals surface area contributed by atoms with Gasteiger partial charge in [-0.25, -0.2) is 4.98 Å². The van der Waals surface area contributed by atoms with Gasteiger partial charge in [-0.15, -0.1) is 0 Å². The molecule has 3 aromatic carbocycles. The largest absolute Gasteiger partial charge is 0.324 e. The van der Waals surface area contributed by atoms with Crippen LogP contribution in [0.4, 0.5) is 11.4 Å². The molecule has 1 N–H and O–H groups in total. The van der Waals surface area contributed by atoms with Gasteiger partial charge in [0.25, 0.3) is 5.56 Å². The lowest BCUT2D eigenvalue weighted by Gasteiger charge is -2.27. The van der Waals surface area contributed by atoms with E-state index in [1.807, 2.05) is 67.6 Å². The van der Waals surface area contributed by atoms with Gasteiger partial charge in [-0.1, -0.05) is 54.2 Å². The molecule has 1 atom stereocenters. The van der Waals surface area contributed by atoms with Crippen LogP contribution in [0.2, 0.25) is 0 Å². The molecule has 5 rings (SSSR count). The van der Waals surface area contributed by atoms with E-state index >= 15 is 0 Å². The van der Waals surface area contributed by atoms with Crippen LogP contribution in [0.3, 0.4) is 0 Å². The predicted octanol–water partition coefficient (Wildman–Crippen LogP) is 4.24. The molecule has 1 aliphatic rings. The van der Waals surface area contributed by atoms with E-state index in [-0.39, 0.29) is 35.6 Å². The summed E-state index contributed by atoms with van der Waals surface area (Å²) in [7, 11) is 0. The van der Waals surface area contributed by atoms with E-state index in [4.69, 9.17) is 4.98 Å². The van der Waals surface area contributed by atoms with Crippen molar-refractivity contribution in [3.8, 4) is 5.69 Å². The summed E-state index contributed by atoms with van der Waals surface area (Å²) < 4.78 is 1.55. The lowest BCUT2D eigenvalue weighted by molar-refractivity contribution is -0.117. The summed E-state index contributed by atoms with van der Waals surface area (Å²) in [6.45, 7) is 1.86. The lowest BCUT2D eigenvalue weighted by Crippen LogP contribution is -2.40. The number of nitrogens with zero attached hydrogens (tertiary/aromatic N) is 3. The maximum atomic E-state index is 13.5. The normalized spacial score (nSPS) is 15.5. The standard InChI is InChI=1S/C26H22N4O3S/c1-17-15-23(31)27-21-13-7-8-14-22(21)29(17)24(32)16-34-26-28-20-12-6-5-11-19(20)25(33)30(26)18-9-3-2-4-10-18/h2-14,17H,15-16H2,1H3,(H,27,31). The first-order valence-electron chi connectivity index (χ1n) is 10.9. The average Bonchev–Trinajstić information content (AvgIpc) is 2.97. The topological polar surface area (TPSA) is 84.3 Å². The zero-order valence-electron chi connectivity index (χ0n) is 18.5. The minimum Gasteiger partial charge on any atom is -0.324 e. The van der Waals surface area contributed by atoms with Gasteiger partial charge in [0.1, 0.15) is 0 Å². The van der Waals surface area contributed by atoms with E-state index in [2.05, 4.69) is 5.32 Å². The molecule has 7 nitrogen and oxygen atoms in total. The van der Waals surface area contributed by atoms with Gasteiger partial charge in [-0.2, -0.15) is 0 Å². The number of benzene rings is 3. The molecule has 1 aliphatic heterocycles. The highest BCUT2D eigenvalue weighted by molar-refractivity contribution is 7.99. The van der Waals surface area contributed by atoms with Gasteiger partial charge in [0.2, 0.25) is 11.8 Å². The molecular formula is C26H22N4O3S. The number of hydrogen-bond acceptors (Lipinski definition) is 5. The third-order valence-corrected chi connectivity index (χ3v) is 6.64. The fourth-order valence-electron chi connectivity index (χ4n) is 4.18. The van der Waals surface area contributed by atoms with Crippen molar-refractivity contribution < 1.29 is 9.59 Å². The molecule has 8 heteroatoms. The Morgan fingerprint density at radius 3 is 2.53 bits per heavy atom. The molecule has 0 saturated carbocycles. The Labute approximate surface area is 200 Å². The number of carbonyl (C=O) groups excluding carboxylic acids is 2. The monoisotopic (exact) mass is 470 g/mol. The van der Waals surface area contributed by atoms with Crippen LogP contribution in [-0.2, 0) is 9.59 Å². The average molecular weight is 471 g/mol. The maximum Gasteiger partial charge on any atom is 0.266 e. The summed E-state index contributed by atoms with van der Waals surface area (Å²) in [6.07, 6.45) is 0.202. The molecule has 170 valence electrons. The minimum atomic E-state index is -0.308. The molecule has 2 heterocycles. The number of hydrogen-bond donors (Lipinski definition) is 1. The van der Waals surface area contributed by atoms with E-state index in [0.717, 1.165) is 0 Å². The van der Waals surface area contributed by atoms with Crippen molar-refractivity contribution in [2.24, 2.45) is 0 Å². The van der Waals surface area contributed by atoms with Gasteiger partial charge in [-0.05, 0) is 43.3 Å². The highest BCUT2D eigenvalue weighted by Crippen LogP contribution is 2.32. The first kappa shape index (κ1) is 21.9. The second-order valence-corrected chi connectivity index (χ2v) is 9.00. The fraction of sp³-hybridized carbons (Fsp3) is 0.154. The molecule has 1 unspecified atom stereocenters. The number of carbonyl (C=O) groups is 2. The van der Waals surface area contributed by atoms with Gasteiger partial charge in [0, 0.05) is 12.5 Å². The van der Waals surface area contributed by atoms with Crippen molar-refractivity contribution in [2.45, 2.75) is 24.5 Å². The molecule has 0 fully saturated rings. The van der Waals surface area contributed by atoms with Crippen molar-refractivity contribution in [1.82, 2.24) is 9.55 Å². The molecule has 0 aliphatic carbocycles. The zero-order valence-corrected chi connectivity index (χ0v) is 19.3. The Balaban J connectivity index is 1.52. The number of amides is 2. The Hall–Kier alpha value is -3.91. The van der Waals surface area contributed by atoms with Gasteiger partial charge >= 0.3 is 0 Å². The molecular weight excluding hydrogens is 448 g/mol. The number of thioether (sulfide) groups is 1. The Bertz CT molecular complexity index is 1450. The second-order valence-electron chi connectivity index (χ2n) is 8.06. The Morgan fingerprint density at radius 2 is 1.71 bits per heavy atom. The number of aromatic nitrogens is 2. The van der Waals surface area contributed by atoms with Crippen molar-refractivity contribution in [3.63, 3.8) is 0 Å². The molecule has 0 saturated heterocycles. The molecule has 34 heavy (non-hydrogen) atoms. The van der Waals surface area contributed by atoms with Gasteiger partial charge in [0.05, 0.1) is 33.7 Å². The summed E-state index contributed by atoms with van der Waals surface area (Å²) in [5.41, 5.74) is 2.36. The highest BCUT2D eigenvalue weighted by atomic mass is 32.2. The highest BCUT2D eigenvalue weighted by Gasteiger charge is 2.29. The molecule has 0 bridgehead atoms. The molecule has 0 radical (unpaired) electrons. The maximum absolute atomic E-state index is 13.5. The van der Waals surface area contributed by atoms with Crippen LogP contribution in [0.5, 0.6) is 0 Å². The smallest absolute Gasteiger partial charge is 0.266 e. The van der Waals surface area contributed by atoms with E-state index in [0.29, 0.717) is 33.1 Å². The summed E-state index contributed by atoms with van der Waals surface area (Å²) in [6, 6.07) is 23.4. The molecule has 2 amide bonds. The number of para-hydroxylation sites is 4. The van der Waals surface area contributed by atoms with Crippen LogP contribution < -0.4 is 15.8 Å². The third-order valence-electron chi connectivity index (χ3n) is 5.71. The van der Waals surface area contributed by atoms with E-state index in [1.165, 1.54) is 11.8 Å². The van der Waals surface area contributed by atoms with Gasteiger partial charge in [0.15, 0.2) is 5.16 Å². The summed E-state index contributed by atoms with van der Waals surface area (Å²) >= 11 is 1.21. The third kappa shape index (κ3) is 4.08. The number of rotatable bonds is 4. The van der Waals surface area contributed by atoms with Crippen molar-refractivity contribution in [1.29, 1.82) is 0 Å². The first-order chi connectivity index (χ1) is 16.5. The predicted molar refractivity (Wildman–Crippen MR) is 135 cm³/mol. The molecule has 0 spiro atoms. The zero-order chi connectivity index (χ0) is 23.7. The number of nitrogens with one attached hydrogen (secondary N) is 1. The van der Waals surface area contributed by atoms with E-state index < -0.39 is 0 Å². The summed E-state index contributed by atoms with van der Waals surface area (Å²) in [5.74, 6) is -0.231. The van der Waals surface area contributed by atoms with Crippen LogP contribution in [-0.4, -0.2) is 33.2 Å². The van der Waals surface area contributed by atoms with Crippen LogP contribution in [0.1, 0.15) is 13.3 Å². The quantitative estimate of drug-likeness (QED) is 0.356. The van der Waals surface area contributed by atoms with Crippen LogP contribution in [0.15, 0.2) is 88.8 Å². The van der Waals surface area contributed by atoms with Gasteiger partial charge in [-0.3, -0.25) is 19.0 Å². The lowest BCUT2D eigenvalue weighted by atomic mass is 10.2. The van der Waals surface area contributed by atoms with Crippen molar-refractivity contribution >= 4 is 45.9 Å². The fourth-order valence-corrected chi connectivity index (χ4v) is 5.05. The molecule has 4 aromatic rings. The SMILES string of the molecule is CC1CC(=O)Nc2ccccc2N1C(=O)CSc1nc2ccccc2c(=O)n1-c1ccccc1. The summed E-state index contributed by atoms with van der Waals surface area (Å²) in [4.78, 5) is 45.4. The second kappa shape index (κ2) is 9.15. The first-order valence-corrected chi connectivity index (χ1v) is 11.9. The van der Waals surface area contributed by atoms with Crippen molar-refractivity contribution in [2.75, 3.05) is 16.0 Å². The minimum absolute atomic E-state index is 0.0600. The van der Waals surface area contributed by atoms with Crippen molar-refractivity contribution in [3.05, 3.63) is 89.2 Å². The van der Waals surface area contributed by atoms with Gasteiger partial charge < -0.3 is 10.2 Å². The number of anilines is 2. The Kier molecular flexibility index (Phi) is 5.90. The van der Waals surface area contributed by atoms with Crippen LogP contribution in [0, 0.1) is 0 Å². The van der Waals surface area contributed by atoms with E-state index in [9.17, 15) is 14.4 Å². The Morgan fingerprint density at radius 1 is 1.00 bits per heavy atom. The summed E-state index contributed by atoms with van der Waals surface area (Å²) in [5, 5.41) is 3.83. The van der Waals surface area contributed by atoms with Crippen LogP contribution >= 0.6 is 11.8 Å². The number of fused-ring (bicyclic) bond motifs is 2. The van der Waals surface area contributed by atoms with Crippen LogP contribution in [0.25, 0.3) is 16.6 Å².